The van der Waals surface area contributed by atoms with Gasteiger partial charge in [-0.2, -0.15) is 0 Å². The molecule has 134 valence electrons. The van der Waals surface area contributed by atoms with Crippen LogP contribution in [0.15, 0.2) is 29.1 Å². The maximum absolute atomic E-state index is 12.0. The molecule has 1 aromatic carbocycles. The molecular formula is C18H23N3O4. The lowest BCUT2D eigenvalue weighted by molar-refractivity contribution is -0.143. The lowest BCUT2D eigenvalue weighted by atomic mass is 9.99. The fraction of sp³-hybridized carbons (Fsp3) is 0.444. The predicted molar refractivity (Wildman–Crippen MR) is 94.3 cm³/mol. The number of nitrogens with one attached hydrogen (secondary N) is 2. The van der Waals surface area contributed by atoms with Crippen molar-refractivity contribution in [2.24, 2.45) is 5.92 Å². The van der Waals surface area contributed by atoms with Crippen molar-refractivity contribution in [2.45, 2.75) is 45.6 Å². The van der Waals surface area contributed by atoms with Gasteiger partial charge in [0.05, 0.1) is 10.9 Å². The molecule has 0 bridgehead atoms. The Kier molecular flexibility index (Phi) is 6.27. The number of carbonyl (C=O) groups is 2. The topological polar surface area (TPSA) is 112 Å². The molecule has 7 nitrogen and oxygen atoms in total. The Bertz CT molecular complexity index is 815. The Balaban J connectivity index is 1.93. The molecule has 25 heavy (non-hydrogen) atoms. The predicted octanol–water partition coefficient (Wildman–Crippen LogP) is 1.86. The number of H-pyrrole nitrogens is 1. The fourth-order valence-corrected chi connectivity index (χ4v) is 2.60. The molecule has 0 spiro atoms. The Morgan fingerprint density at radius 1 is 1.32 bits per heavy atom. The number of aromatic amines is 1. The summed E-state index contributed by atoms with van der Waals surface area (Å²) in [7, 11) is 0. The summed E-state index contributed by atoms with van der Waals surface area (Å²) in [6, 6.07) is 6.19. The first kappa shape index (κ1) is 18.6. The minimum Gasteiger partial charge on any atom is -0.480 e. The molecule has 2 atom stereocenters. The van der Waals surface area contributed by atoms with Crippen molar-refractivity contribution in [1.82, 2.24) is 15.3 Å². The van der Waals surface area contributed by atoms with E-state index in [1.807, 2.05) is 13.0 Å². The maximum Gasteiger partial charge on any atom is 0.326 e. The molecule has 0 aliphatic carbocycles. The molecule has 1 amide bonds. The van der Waals surface area contributed by atoms with E-state index in [1.165, 1.54) is 0 Å². The number of hydrogen-bond donors (Lipinski definition) is 3. The highest BCUT2D eigenvalue weighted by Crippen LogP contribution is 2.10. The number of amides is 1. The van der Waals surface area contributed by atoms with Crippen molar-refractivity contribution >= 4 is 22.8 Å². The lowest BCUT2D eigenvalue weighted by Gasteiger charge is -2.20. The van der Waals surface area contributed by atoms with Crippen LogP contribution in [0, 0.1) is 5.92 Å². The normalized spacial score (nSPS) is 13.4. The van der Waals surface area contributed by atoms with Crippen LogP contribution in [0.3, 0.4) is 0 Å². The van der Waals surface area contributed by atoms with Gasteiger partial charge in [-0.05, 0) is 24.5 Å². The van der Waals surface area contributed by atoms with E-state index in [-0.39, 0.29) is 23.8 Å². The highest BCUT2D eigenvalue weighted by molar-refractivity contribution is 5.83. The van der Waals surface area contributed by atoms with Gasteiger partial charge in [0.15, 0.2) is 0 Å². The van der Waals surface area contributed by atoms with E-state index in [4.69, 9.17) is 0 Å². The molecule has 3 N–H and O–H groups in total. The summed E-state index contributed by atoms with van der Waals surface area (Å²) in [5.41, 5.74) is 0.418. The second kappa shape index (κ2) is 8.41. The summed E-state index contributed by atoms with van der Waals surface area (Å²) in [6.45, 7) is 3.68. The number of aliphatic carboxylic acids is 1. The molecule has 0 saturated heterocycles. The molecule has 2 rings (SSSR count). The van der Waals surface area contributed by atoms with Crippen LogP contribution >= 0.6 is 0 Å². The van der Waals surface area contributed by atoms with E-state index >= 15 is 0 Å². The summed E-state index contributed by atoms with van der Waals surface area (Å²) >= 11 is 0. The van der Waals surface area contributed by atoms with Crippen molar-refractivity contribution < 1.29 is 14.7 Å². The summed E-state index contributed by atoms with van der Waals surface area (Å²) in [4.78, 5) is 42.3. The van der Waals surface area contributed by atoms with Gasteiger partial charge in [0.1, 0.15) is 11.9 Å². The van der Waals surface area contributed by atoms with Crippen LogP contribution in [-0.2, 0) is 16.0 Å². The molecule has 0 radical (unpaired) electrons. The van der Waals surface area contributed by atoms with Crippen LogP contribution in [0.5, 0.6) is 0 Å². The van der Waals surface area contributed by atoms with Crippen molar-refractivity contribution in [1.29, 1.82) is 0 Å². The summed E-state index contributed by atoms with van der Waals surface area (Å²) in [6.07, 6.45) is 1.75. The number of para-hydroxylation sites is 1. The molecule has 0 fully saturated rings. The first-order valence-electron chi connectivity index (χ1n) is 8.42. The highest BCUT2D eigenvalue weighted by Gasteiger charge is 2.24. The van der Waals surface area contributed by atoms with E-state index in [2.05, 4.69) is 15.3 Å². The SMILES string of the molecule is CC[C@H](C)[C@H](NC(=O)CCCc1nc2ccccc2c(=O)[nH]1)C(=O)O. The molecule has 1 aromatic heterocycles. The van der Waals surface area contributed by atoms with E-state index in [0.29, 0.717) is 36.0 Å². The van der Waals surface area contributed by atoms with E-state index in [1.54, 1.807) is 25.1 Å². The van der Waals surface area contributed by atoms with Gasteiger partial charge in [0.25, 0.3) is 5.56 Å². The van der Waals surface area contributed by atoms with Gasteiger partial charge >= 0.3 is 5.97 Å². The van der Waals surface area contributed by atoms with Crippen molar-refractivity contribution in [3.63, 3.8) is 0 Å². The van der Waals surface area contributed by atoms with Crippen LogP contribution in [0.4, 0.5) is 0 Å². The molecule has 0 aliphatic rings. The smallest absolute Gasteiger partial charge is 0.326 e. The third-order valence-electron chi connectivity index (χ3n) is 4.27. The van der Waals surface area contributed by atoms with E-state index < -0.39 is 12.0 Å². The van der Waals surface area contributed by atoms with Crippen molar-refractivity contribution in [3.8, 4) is 0 Å². The number of benzene rings is 1. The zero-order valence-corrected chi connectivity index (χ0v) is 14.4. The number of aromatic nitrogens is 2. The van der Waals surface area contributed by atoms with Crippen LogP contribution in [0.1, 0.15) is 38.9 Å². The minimum atomic E-state index is -1.02. The number of hydrogen-bond acceptors (Lipinski definition) is 4. The second-order valence-corrected chi connectivity index (χ2v) is 6.15. The summed E-state index contributed by atoms with van der Waals surface area (Å²) in [5.74, 6) is -0.952. The number of aryl methyl sites for hydroxylation is 1. The van der Waals surface area contributed by atoms with Gasteiger partial charge < -0.3 is 15.4 Å². The first-order valence-corrected chi connectivity index (χ1v) is 8.42. The molecule has 0 aliphatic heterocycles. The van der Waals surface area contributed by atoms with Gasteiger partial charge in [-0.15, -0.1) is 0 Å². The van der Waals surface area contributed by atoms with Crippen LogP contribution < -0.4 is 10.9 Å². The number of carboxylic acids is 1. The molecular weight excluding hydrogens is 322 g/mol. The third-order valence-corrected chi connectivity index (χ3v) is 4.27. The Labute approximate surface area is 145 Å². The Hall–Kier alpha value is -2.70. The van der Waals surface area contributed by atoms with E-state index in [0.717, 1.165) is 0 Å². The fourth-order valence-electron chi connectivity index (χ4n) is 2.60. The third kappa shape index (κ3) is 4.89. The number of rotatable bonds is 8. The largest absolute Gasteiger partial charge is 0.480 e. The maximum atomic E-state index is 12.0. The summed E-state index contributed by atoms with van der Waals surface area (Å²) in [5, 5.41) is 12.3. The van der Waals surface area contributed by atoms with Crippen LogP contribution in [0.25, 0.3) is 10.9 Å². The Morgan fingerprint density at radius 3 is 2.72 bits per heavy atom. The molecule has 2 aromatic rings. The van der Waals surface area contributed by atoms with Gasteiger partial charge in [-0.25, -0.2) is 9.78 Å². The number of fused-ring (bicyclic) bond motifs is 1. The average molecular weight is 345 g/mol. The quantitative estimate of drug-likeness (QED) is 0.676. The molecule has 0 unspecified atom stereocenters. The molecule has 7 heteroatoms. The summed E-state index contributed by atoms with van der Waals surface area (Å²) < 4.78 is 0. The second-order valence-electron chi connectivity index (χ2n) is 6.15. The van der Waals surface area contributed by atoms with Gasteiger partial charge in [-0.1, -0.05) is 32.4 Å². The number of carboxylic acid groups (broad SMARTS) is 1. The zero-order valence-electron chi connectivity index (χ0n) is 14.4. The molecule has 0 saturated carbocycles. The van der Waals surface area contributed by atoms with Crippen LogP contribution in [0.2, 0.25) is 0 Å². The van der Waals surface area contributed by atoms with Crippen molar-refractivity contribution in [3.05, 3.63) is 40.4 Å². The monoisotopic (exact) mass is 345 g/mol. The molecule has 1 heterocycles. The Morgan fingerprint density at radius 2 is 2.04 bits per heavy atom. The van der Waals surface area contributed by atoms with Gasteiger partial charge in [-0.3, -0.25) is 9.59 Å². The average Bonchev–Trinajstić information content (AvgIpc) is 2.59. The highest BCUT2D eigenvalue weighted by atomic mass is 16.4. The zero-order chi connectivity index (χ0) is 18.4. The van der Waals surface area contributed by atoms with Crippen LogP contribution in [-0.4, -0.2) is 33.0 Å². The van der Waals surface area contributed by atoms with Gasteiger partial charge in [0.2, 0.25) is 5.91 Å². The van der Waals surface area contributed by atoms with Crippen molar-refractivity contribution in [2.75, 3.05) is 0 Å². The van der Waals surface area contributed by atoms with E-state index in [9.17, 15) is 19.5 Å². The lowest BCUT2D eigenvalue weighted by Crippen LogP contribution is -2.44. The van der Waals surface area contributed by atoms with Gasteiger partial charge in [0, 0.05) is 12.8 Å². The standard InChI is InChI=1S/C18H23N3O4/c1-3-11(2)16(18(24)25)21-15(22)10-6-9-14-19-13-8-5-4-7-12(13)17(23)20-14/h4-5,7-8,11,16H,3,6,9-10H2,1-2H3,(H,21,22)(H,24,25)(H,19,20,23)/t11-,16-/m0/s1. The number of carbonyl (C=O) groups excluding carboxylic acids is 1. The first-order chi connectivity index (χ1) is 11.9. The minimum absolute atomic E-state index is 0.139. The number of nitrogens with zero attached hydrogens (tertiary/aromatic N) is 1.